The van der Waals surface area contributed by atoms with Gasteiger partial charge in [0.05, 0.1) is 6.54 Å². The Balaban J connectivity index is 4.54. The number of allylic oxidation sites excluding steroid dienone is 1. The first-order valence-corrected chi connectivity index (χ1v) is 4.35. The summed E-state index contributed by atoms with van der Waals surface area (Å²) >= 11 is 0. The van der Waals surface area contributed by atoms with Gasteiger partial charge in [0, 0.05) is 6.20 Å². The van der Waals surface area contributed by atoms with Crippen molar-refractivity contribution in [1.82, 2.24) is 0 Å². The number of halogens is 1. The lowest BCUT2D eigenvalue weighted by Crippen LogP contribution is -2.14. The molecule has 0 radical (unpaired) electrons. The Morgan fingerprint density at radius 3 is 2.38 bits per heavy atom. The van der Waals surface area contributed by atoms with Crippen molar-refractivity contribution in [3.05, 3.63) is 48.3 Å². The van der Waals surface area contributed by atoms with Crippen LogP contribution in [0.1, 0.15) is 0 Å². The van der Waals surface area contributed by atoms with Crippen molar-refractivity contribution >= 4 is 5.84 Å². The first kappa shape index (κ1) is 13.8. The van der Waals surface area contributed by atoms with Gasteiger partial charge in [-0.25, -0.2) is 4.39 Å². The number of amidine groups is 1. The Labute approximate surface area is 93.1 Å². The third-order valence-electron chi connectivity index (χ3n) is 1.53. The Morgan fingerprint density at radius 1 is 1.31 bits per heavy atom. The van der Waals surface area contributed by atoms with Crippen molar-refractivity contribution in [2.24, 2.45) is 22.2 Å². The SMILES string of the molecule is C=C(O)/C=C\C(=C/N)CN=C(N)C(F)=CN. The van der Waals surface area contributed by atoms with Gasteiger partial charge < -0.3 is 22.3 Å². The van der Waals surface area contributed by atoms with E-state index in [1.807, 2.05) is 0 Å². The molecule has 0 heterocycles. The molecule has 0 bridgehead atoms. The van der Waals surface area contributed by atoms with E-state index >= 15 is 0 Å². The molecule has 5 nitrogen and oxygen atoms in total. The van der Waals surface area contributed by atoms with E-state index in [1.165, 1.54) is 18.4 Å². The van der Waals surface area contributed by atoms with E-state index in [9.17, 15) is 4.39 Å². The van der Waals surface area contributed by atoms with Gasteiger partial charge in [0.15, 0.2) is 11.7 Å². The Hall–Kier alpha value is -2.24. The molecule has 0 saturated heterocycles. The minimum atomic E-state index is -0.799. The second-order valence-corrected chi connectivity index (χ2v) is 2.78. The smallest absolute Gasteiger partial charge is 0.180 e. The highest BCUT2D eigenvalue weighted by Crippen LogP contribution is 2.00. The molecule has 0 spiro atoms. The molecule has 0 amide bonds. The number of aliphatic hydroxyl groups excluding tert-OH is 1. The summed E-state index contributed by atoms with van der Waals surface area (Å²) in [6.07, 6.45) is 4.80. The fourth-order valence-corrected chi connectivity index (χ4v) is 0.702. The van der Waals surface area contributed by atoms with E-state index in [4.69, 9.17) is 22.3 Å². The van der Waals surface area contributed by atoms with Gasteiger partial charge in [0.25, 0.3) is 0 Å². The summed E-state index contributed by atoms with van der Waals surface area (Å²) in [5, 5.41) is 8.81. The zero-order chi connectivity index (χ0) is 12.6. The molecule has 0 saturated carbocycles. The molecule has 0 aromatic carbocycles. The fraction of sp³-hybridized carbons (Fsp3) is 0.100. The molecule has 0 aromatic rings. The molecule has 0 unspecified atom stereocenters. The Kier molecular flexibility index (Phi) is 6.11. The lowest BCUT2D eigenvalue weighted by atomic mass is 10.2. The molecular formula is C10H15FN4O. The number of aliphatic hydroxyl groups is 1. The second kappa shape index (κ2) is 7.10. The molecule has 0 aliphatic rings. The normalized spacial score (nSPS) is 14.4. The summed E-state index contributed by atoms with van der Waals surface area (Å²) in [5.41, 5.74) is 16.0. The largest absolute Gasteiger partial charge is 0.509 e. The first-order valence-electron chi connectivity index (χ1n) is 4.35. The number of hydrogen-bond donors (Lipinski definition) is 4. The van der Waals surface area contributed by atoms with Crippen LogP contribution in [0.3, 0.4) is 0 Å². The molecule has 16 heavy (non-hydrogen) atoms. The minimum Gasteiger partial charge on any atom is -0.509 e. The molecular weight excluding hydrogens is 211 g/mol. The van der Waals surface area contributed by atoms with E-state index in [0.29, 0.717) is 5.57 Å². The fourth-order valence-electron chi connectivity index (χ4n) is 0.702. The molecule has 0 fully saturated rings. The van der Waals surface area contributed by atoms with E-state index in [1.54, 1.807) is 0 Å². The van der Waals surface area contributed by atoms with Gasteiger partial charge in [0.1, 0.15) is 5.76 Å². The number of nitrogens with two attached hydrogens (primary N) is 3. The van der Waals surface area contributed by atoms with E-state index in [0.717, 1.165) is 6.20 Å². The predicted octanol–water partition coefficient (Wildman–Crippen LogP) is 0.584. The van der Waals surface area contributed by atoms with Crippen LogP contribution < -0.4 is 17.2 Å². The van der Waals surface area contributed by atoms with Gasteiger partial charge in [0.2, 0.25) is 0 Å². The average Bonchev–Trinajstić information content (AvgIpc) is 2.27. The third kappa shape index (κ3) is 5.48. The summed E-state index contributed by atoms with van der Waals surface area (Å²) in [6, 6.07) is 0. The van der Waals surface area contributed by atoms with Crippen LogP contribution in [0.5, 0.6) is 0 Å². The zero-order valence-electron chi connectivity index (χ0n) is 8.73. The van der Waals surface area contributed by atoms with Gasteiger partial charge in [-0.3, -0.25) is 4.99 Å². The van der Waals surface area contributed by atoms with Crippen molar-refractivity contribution in [3.8, 4) is 0 Å². The van der Waals surface area contributed by atoms with Crippen LogP contribution >= 0.6 is 0 Å². The second-order valence-electron chi connectivity index (χ2n) is 2.78. The van der Waals surface area contributed by atoms with E-state index in [2.05, 4.69) is 11.6 Å². The van der Waals surface area contributed by atoms with Crippen LogP contribution in [0, 0.1) is 0 Å². The predicted molar refractivity (Wildman–Crippen MR) is 63.0 cm³/mol. The highest BCUT2D eigenvalue weighted by Gasteiger charge is 1.99. The quantitative estimate of drug-likeness (QED) is 0.238. The zero-order valence-corrected chi connectivity index (χ0v) is 8.73. The van der Waals surface area contributed by atoms with E-state index < -0.39 is 5.83 Å². The Bertz CT molecular complexity index is 369. The van der Waals surface area contributed by atoms with Crippen LogP contribution in [0.25, 0.3) is 0 Å². The molecule has 7 N–H and O–H groups in total. The van der Waals surface area contributed by atoms with Crippen molar-refractivity contribution in [3.63, 3.8) is 0 Å². The number of nitrogens with zero attached hydrogens (tertiary/aromatic N) is 1. The van der Waals surface area contributed by atoms with Crippen LogP contribution in [0.15, 0.2) is 53.3 Å². The monoisotopic (exact) mass is 226 g/mol. The number of hydrogen-bond acceptors (Lipinski definition) is 4. The van der Waals surface area contributed by atoms with Crippen molar-refractivity contribution in [2.75, 3.05) is 6.54 Å². The summed E-state index contributed by atoms with van der Waals surface area (Å²) in [6.45, 7) is 3.33. The van der Waals surface area contributed by atoms with Gasteiger partial charge in [-0.2, -0.15) is 0 Å². The summed E-state index contributed by atoms with van der Waals surface area (Å²) < 4.78 is 12.8. The van der Waals surface area contributed by atoms with Crippen LogP contribution in [0.2, 0.25) is 0 Å². The number of rotatable bonds is 5. The molecule has 0 atom stereocenters. The molecule has 0 aliphatic carbocycles. The maximum Gasteiger partial charge on any atom is 0.180 e. The topological polar surface area (TPSA) is 111 Å². The van der Waals surface area contributed by atoms with Gasteiger partial charge >= 0.3 is 0 Å². The molecule has 6 heteroatoms. The van der Waals surface area contributed by atoms with Crippen molar-refractivity contribution in [2.45, 2.75) is 0 Å². The standard InChI is InChI=1S/C10H15FN4O/c1-7(16)2-3-8(4-12)6-15-10(14)9(11)5-13/h2-5,16H,1,6,12-13H2,(H2,14,15)/b3-2-,8-4+,9-5?. The lowest BCUT2D eigenvalue weighted by Gasteiger charge is -1.98. The maximum atomic E-state index is 12.8. The van der Waals surface area contributed by atoms with Gasteiger partial charge in [-0.05, 0) is 17.8 Å². The minimum absolute atomic E-state index is 0.0768. The van der Waals surface area contributed by atoms with Gasteiger partial charge in [-0.15, -0.1) is 0 Å². The van der Waals surface area contributed by atoms with Crippen LogP contribution in [-0.2, 0) is 0 Å². The highest BCUT2D eigenvalue weighted by atomic mass is 19.1. The average molecular weight is 226 g/mol. The molecule has 88 valence electrons. The Morgan fingerprint density at radius 2 is 1.94 bits per heavy atom. The summed E-state index contributed by atoms with van der Waals surface area (Å²) in [5.74, 6) is -1.23. The van der Waals surface area contributed by atoms with Crippen molar-refractivity contribution in [1.29, 1.82) is 0 Å². The van der Waals surface area contributed by atoms with Crippen LogP contribution in [-0.4, -0.2) is 17.5 Å². The molecule has 0 aliphatic heterocycles. The summed E-state index contributed by atoms with van der Waals surface area (Å²) in [7, 11) is 0. The summed E-state index contributed by atoms with van der Waals surface area (Å²) in [4.78, 5) is 3.70. The molecule has 0 rings (SSSR count). The molecule has 0 aromatic heterocycles. The van der Waals surface area contributed by atoms with Gasteiger partial charge in [-0.1, -0.05) is 12.7 Å². The number of aliphatic imine (C=N–C) groups is 1. The van der Waals surface area contributed by atoms with Crippen molar-refractivity contribution < 1.29 is 9.50 Å². The van der Waals surface area contributed by atoms with E-state index in [-0.39, 0.29) is 18.1 Å². The maximum absolute atomic E-state index is 12.8. The third-order valence-corrected chi connectivity index (χ3v) is 1.53. The first-order chi connectivity index (χ1) is 7.51. The lowest BCUT2D eigenvalue weighted by molar-refractivity contribution is 0.435. The highest BCUT2D eigenvalue weighted by molar-refractivity contribution is 5.94. The van der Waals surface area contributed by atoms with Crippen LogP contribution in [0.4, 0.5) is 4.39 Å².